The van der Waals surface area contributed by atoms with Crippen LogP contribution in [-0.2, 0) is 20.9 Å². The maximum atomic E-state index is 12.6. The zero-order valence-corrected chi connectivity index (χ0v) is 14.0. The Labute approximate surface area is 135 Å². The van der Waals surface area contributed by atoms with E-state index in [-0.39, 0.29) is 12.0 Å². The minimum atomic E-state index is -1.09. The molecule has 1 aliphatic rings. The lowest BCUT2D eigenvalue weighted by molar-refractivity contribution is -0.138. The van der Waals surface area contributed by atoms with E-state index in [0.29, 0.717) is 24.5 Å². The number of esters is 1. The predicted molar refractivity (Wildman–Crippen MR) is 88.5 cm³/mol. The van der Waals surface area contributed by atoms with Crippen molar-refractivity contribution >= 4 is 17.3 Å². The Bertz CT molecular complexity index is 518. The van der Waals surface area contributed by atoms with E-state index < -0.39 is 11.4 Å². The minimum absolute atomic E-state index is 0.280. The van der Waals surface area contributed by atoms with Gasteiger partial charge in [0.15, 0.2) is 0 Å². The van der Waals surface area contributed by atoms with Gasteiger partial charge in [0.05, 0.1) is 18.7 Å². The normalized spacial score (nSPS) is 19.8. The van der Waals surface area contributed by atoms with Gasteiger partial charge < -0.3 is 9.29 Å². The van der Waals surface area contributed by atoms with Crippen LogP contribution in [0.25, 0.3) is 0 Å². The van der Waals surface area contributed by atoms with Gasteiger partial charge in [-0.05, 0) is 18.9 Å². The van der Waals surface area contributed by atoms with Gasteiger partial charge in [-0.2, -0.15) is 0 Å². The number of hydrogen-bond donors (Lipinski definition) is 0. The summed E-state index contributed by atoms with van der Waals surface area (Å²) >= 11 is -1.09. The first kappa shape index (κ1) is 17.1. The number of hydrogen-bond acceptors (Lipinski definition) is 4. The molecule has 0 amide bonds. The van der Waals surface area contributed by atoms with E-state index >= 15 is 0 Å². The van der Waals surface area contributed by atoms with Crippen molar-refractivity contribution in [1.29, 1.82) is 0 Å². The average molecular weight is 321 g/mol. The molecule has 0 radical (unpaired) electrons. The third kappa shape index (κ3) is 3.91. The molecule has 0 saturated carbocycles. The van der Waals surface area contributed by atoms with Crippen LogP contribution in [0.5, 0.6) is 0 Å². The Morgan fingerprint density at radius 1 is 1.36 bits per heavy atom. The molecule has 0 N–H and O–H groups in total. The largest absolute Gasteiger partial charge is 0.598 e. The molecule has 1 aromatic rings. The van der Waals surface area contributed by atoms with Crippen LogP contribution < -0.4 is 0 Å². The molecule has 5 heteroatoms. The summed E-state index contributed by atoms with van der Waals surface area (Å²) in [7, 11) is 0. The molecular weight excluding hydrogens is 298 g/mol. The summed E-state index contributed by atoms with van der Waals surface area (Å²) in [5.74, 6) is 0.315. The van der Waals surface area contributed by atoms with Gasteiger partial charge in [-0.1, -0.05) is 49.8 Å². The van der Waals surface area contributed by atoms with Crippen LogP contribution in [0.15, 0.2) is 42.0 Å². The van der Waals surface area contributed by atoms with Crippen molar-refractivity contribution < 1.29 is 14.1 Å². The summed E-state index contributed by atoms with van der Waals surface area (Å²) in [6.45, 7) is 4.74. The van der Waals surface area contributed by atoms with Crippen molar-refractivity contribution in [3.63, 3.8) is 0 Å². The molecule has 0 aliphatic carbocycles. The molecule has 0 saturated heterocycles. The highest BCUT2D eigenvalue weighted by atomic mass is 32.2. The lowest BCUT2D eigenvalue weighted by atomic mass is 10.0. The van der Waals surface area contributed by atoms with Crippen LogP contribution in [-0.4, -0.2) is 33.7 Å². The highest BCUT2D eigenvalue weighted by Crippen LogP contribution is 2.36. The first-order valence-corrected chi connectivity index (χ1v) is 9.03. The second-order valence-electron chi connectivity index (χ2n) is 5.17. The molecule has 0 unspecified atom stereocenters. The fourth-order valence-corrected chi connectivity index (χ4v) is 4.02. The lowest BCUT2D eigenvalue weighted by Crippen LogP contribution is -2.35. The van der Waals surface area contributed by atoms with Gasteiger partial charge in [0, 0.05) is 11.4 Å². The quantitative estimate of drug-likeness (QED) is 0.572. The van der Waals surface area contributed by atoms with Gasteiger partial charge in [0.1, 0.15) is 11.8 Å². The first-order chi connectivity index (χ1) is 10.7. The standard InChI is InChI=1S/C17H23NO3S/c1-3-5-13-22(20)18-12-11-15(17(19)21-4-2)16(18)14-9-7-6-8-10-14/h6-11,16H,3-5,12-13H2,1-2H3/t16-,22-/m0/s1. The predicted octanol–water partition coefficient (Wildman–Crippen LogP) is 3.00. The zero-order valence-electron chi connectivity index (χ0n) is 13.2. The number of benzene rings is 1. The number of unbranched alkanes of at least 4 members (excludes halogenated alkanes) is 1. The fourth-order valence-electron chi connectivity index (χ4n) is 2.54. The Morgan fingerprint density at radius 2 is 2.09 bits per heavy atom. The van der Waals surface area contributed by atoms with Gasteiger partial charge in [0.2, 0.25) is 0 Å². The van der Waals surface area contributed by atoms with E-state index in [1.807, 2.05) is 40.7 Å². The van der Waals surface area contributed by atoms with E-state index in [2.05, 4.69) is 6.92 Å². The molecular formula is C17H23NO3S. The van der Waals surface area contributed by atoms with Crippen LogP contribution in [0, 0.1) is 0 Å². The molecule has 120 valence electrons. The third-order valence-electron chi connectivity index (χ3n) is 3.63. The smallest absolute Gasteiger partial charge is 0.335 e. The van der Waals surface area contributed by atoms with Crippen LogP contribution in [0.4, 0.5) is 0 Å². The Kier molecular flexibility index (Phi) is 6.49. The van der Waals surface area contributed by atoms with Gasteiger partial charge in [-0.25, -0.2) is 4.79 Å². The summed E-state index contributed by atoms with van der Waals surface area (Å²) in [4.78, 5) is 12.2. The van der Waals surface area contributed by atoms with E-state index in [4.69, 9.17) is 4.74 Å². The zero-order chi connectivity index (χ0) is 15.9. The van der Waals surface area contributed by atoms with Crippen molar-refractivity contribution in [2.24, 2.45) is 0 Å². The van der Waals surface area contributed by atoms with Gasteiger partial charge in [0.25, 0.3) is 0 Å². The maximum Gasteiger partial charge on any atom is 0.335 e. The maximum absolute atomic E-state index is 12.6. The van der Waals surface area contributed by atoms with Crippen molar-refractivity contribution in [2.45, 2.75) is 32.7 Å². The monoisotopic (exact) mass is 321 g/mol. The summed E-state index contributed by atoms with van der Waals surface area (Å²) in [5, 5.41) is 0. The molecule has 0 spiro atoms. The second kappa shape index (κ2) is 8.36. The highest BCUT2D eigenvalue weighted by Gasteiger charge is 2.39. The third-order valence-corrected chi connectivity index (χ3v) is 5.16. The molecule has 0 bridgehead atoms. The van der Waals surface area contributed by atoms with Crippen LogP contribution >= 0.6 is 0 Å². The van der Waals surface area contributed by atoms with E-state index in [1.165, 1.54) is 0 Å². The number of carbonyl (C=O) groups is 1. The number of ether oxygens (including phenoxy) is 1. The van der Waals surface area contributed by atoms with E-state index in [1.54, 1.807) is 6.92 Å². The molecule has 0 aromatic heterocycles. The molecule has 1 aliphatic heterocycles. The summed E-state index contributed by atoms with van der Waals surface area (Å²) in [5.41, 5.74) is 1.57. The minimum Gasteiger partial charge on any atom is -0.598 e. The fraction of sp³-hybridized carbons (Fsp3) is 0.471. The lowest BCUT2D eigenvalue weighted by Gasteiger charge is -2.27. The summed E-state index contributed by atoms with van der Waals surface area (Å²) in [6, 6.07) is 9.45. The Balaban J connectivity index is 2.23. The topological polar surface area (TPSA) is 52.6 Å². The molecule has 4 nitrogen and oxygen atoms in total. The van der Waals surface area contributed by atoms with Crippen molar-refractivity contribution in [2.75, 3.05) is 18.9 Å². The first-order valence-electron chi connectivity index (χ1n) is 7.76. The molecule has 1 aromatic carbocycles. The van der Waals surface area contributed by atoms with Gasteiger partial charge in [-0.3, -0.25) is 0 Å². The van der Waals surface area contributed by atoms with Crippen molar-refractivity contribution in [3.05, 3.63) is 47.5 Å². The van der Waals surface area contributed by atoms with Crippen molar-refractivity contribution in [1.82, 2.24) is 4.31 Å². The molecule has 22 heavy (non-hydrogen) atoms. The SMILES string of the molecule is CCCC[S@+]([O-])N1CC=C(C(=O)OCC)[C@@H]1c1ccccc1. The van der Waals surface area contributed by atoms with Crippen LogP contribution in [0.1, 0.15) is 38.3 Å². The number of nitrogens with zero attached hydrogens (tertiary/aromatic N) is 1. The molecule has 1 heterocycles. The average Bonchev–Trinajstić information content (AvgIpc) is 2.98. The van der Waals surface area contributed by atoms with E-state index in [9.17, 15) is 9.35 Å². The Morgan fingerprint density at radius 3 is 2.73 bits per heavy atom. The highest BCUT2D eigenvalue weighted by molar-refractivity contribution is 7.89. The number of rotatable bonds is 7. The molecule has 0 fully saturated rings. The Hall–Kier alpha value is -1.30. The number of carbonyl (C=O) groups excluding carboxylic acids is 1. The van der Waals surface area contributed by atoms with Crippen LogP contribution in [0.2, 0.25) is 0 Å². The molecule has 2 atom stereocenters. The van der Waals surface area contributed by atoms with E-state index in [0.717, 1.165) is 18.4 Å². The van der Waals surface area contributed by atoms with Crippen LogP contribution in [0.3, 0.4) is 0 Å². The second-order valence-corrected chi connectivity index (χ2v) is 6.69. The molecule has 2 rings (SSSR count). The van der Waals surface area contributed by atoms with Gasteiger partial charge >= 0.3 is 5.97 Å². The summed E-state index contributed by atoms with van der Waals surface area (Å²) in [6.07, 6.45) is 3.77. The van der Waals surface area contributed by atoms with Crippen molar-refractivity contribution in [3.8, 4) is 0 Å². The van der Waals surface area contributed by atoms with Gasteiger partial charge in [-0.15, -0.1) is 4.31 Å². The summed E-state index contributed by atoms with van der Waals surface area (Å²) < 4.78 is 19.6.